The molecule has 118 valence electrons. The number of para-hydroxylation sites is 1. The molecule has 1 aliphatic heterocycles. The van der Waals surface area contributed by atoms with E-state index in [1.807, 2.05) is 12.1 Å². The highest BCUT2D eigenvalue weighted by Crippen LogP contribution is 2.33. The second kappa shape index (κ2) is 7.79. The summed E-state index contributed by atoms with van der Waals surface area (Å²) in [4.78, 5) is 2.32. The second-order valence-corrected chi connectivity index (χ2v) is 6.25. The van der Waals surface area contributed by atoms with Gasteiger partial charge in [-0.1, -0.05) is 32.4 Å². The van der Waals surface area contributed by atoms with Crippen LogP contribution >= 0.6 is 0 Å². The molecule has 2 atom stereocenters. The summed E-state index contributed by atoms with van der Waals surface area (Å²) >= 11 is 0. The van der Waals surface area contributed by atoms with Gasteiger partial charge in [0.1, 0.15) is 5.82 Å². The minimum atomic E-state index is -0.0844. The predicted molar refractivity (Wildman–Crippen MR) is 88.3 cm³/mol. The number of nitrogens with two attached hydrogens (primary N) is 1. The second-order valence-electron chi connectivity index (χ2n) is 6.25. The molecular weight excluding hydrogens is 263 g/mol. The van der Waals surface area contributed by atoms with Gasteiger partial charge >= 0.3 is 0 Å². The maximum absolute atomic E-state index is 14.5. The molecule has 0 aliphatic carbocycles. The molecule has 3 heteroatoms. The van der Waals surface area contributed by atoms with Crippen molar-refractivity contribution in [1.82, 2.24) is 0 Å². The molecule has 1 aromatic rings. The smallest absolute Gasteiger partial charge is 0.146 e. The lowest BCUT2D eigenvalue weighted by Crippen LogP contribution is -2.41. The van der Waals surface area contributed by atoms with Crippen molar-refractivity contribution in [3.05, 3.63) is 29.6 Å². The van der Waals surface area contributed by atoms with E-state index in [2.05, 4.69) is 18.7 Å². The average Bonchev–Trinajstić information content (AvgIpc) is 2.49. The van der Waals surface area contributed by atoms with Gasteiger partial charge in [0, 0.05) is 18.6 Å². The molecule has 2 unspecified atom stereocenters. The number of benzene rings is 1. The van der Waals surface area contributed by atoms with Crippen molar-refractivity contribution in [2.75, 3.05) is 11.4 Å². The number of hydrogen-bond donors (Lipinski definition) is 1. The minimum Gasteiger partial charge on any atom is -0.366 e. The Hall–Kier alpha value is -1.09. The van der Waals surface area contributed by atoms with Gasteiger partial charge in [0.05, 0.1) is 5.69 Å². The number of nitrogens with zero attached hydrogens (tertiary/aromatic N) is 1. The summed E-state index contributed by atoms with van der Waals surface area (Å²) in [7, 11) is 0. The Balaban J connectivity index is 2.31. The number of hydrogen-bond acceptors (Lipinski definition) is 2. The first kappa shape index (κ1) is 16.3. The molecule has 0 aromatic heterocycles. The zero-order chi connectivity index (χ0) is 15.2. The van der Waals surface area contributed by atoms with Gasteiger partial charge in [-0.15, -0.1) is 0 Å². The Bertz CT molecular complexity index is 445. The van der Waals surface area contributed by atoms with E-state index in [1.165, 1.54) is 12.8 Å². The van der Waals surface area contributed by atoms with Crippen LogP contribution in [0.15, 0.2) is 18.2 Å². The van der Waals surface area contributed by atoms with Crippen molar-refractivity contribution in [1.29, 1.82) is 0 Å². The maximum atomic E-state index is 14.5. The monoisotopic (exact) mass is 292 g/mol. The molecule has 0 spiro atoms. The topological polar surface area (TPSA) is 29.3 Å². The first-order valence-electron chi connectivity index (χ1n) is 8.47. The zero-order valence-electron chi connectivity index (χ0n) is 13.4. The van der Waals surface area contributed by atoms with Crippen molar-refractivity contribution in [2.45, 2.75) is 70.9 Å². The molecule has 1 saturated heterocycles. The zero-order valence-corrected chi connectivity index (χ0v) is 13.4. The Morgan fingerprint density at radius 2 is 2.14 bits per heavy atom. The maximum Gasteiger partial charge on any atom is 0.146 e. The van der Waals surface area contributed by atoms with Gasteiger partial charge in [-0.05, 0) is 50.2 Å². The van der Waals surface area contributed by atoms with Crippen LogP contribution in [0.2, 0.25) is 0 Å². The average molecular weight is 292 g/mol. The van der Waals surface area contributed by atoms with E-state index in [-0.39, 0.29) is 11.9 Å². The fourth-order valence-corrected chi connectivity index (χ4v) is 3.40. The summed E-state index contributed by atoms with van der Waals surface area (Å²) in [6.07, 6.45) is 7.59. The van der Waals surface area contributed by atoms with Gasteiger partial charge in [-0.25, -0.2) is 4.39 Å². The molecule has 2 rings (SSSR count). The SMILES string of the molecule is CCCC1CCCCN1c1c(F)cccc1CC(N)CC. The van der Waals surface area contributed by atoms with E-state index in [4.69, 9.17) is 5.73 Å². The first-order valence-corrected chi connectivity index (χ1v) is 8.47. The van der Waals surface area contributed by atoms with Crippen molar-refractivity contribution >= 4 is 5.69 Å². The van der Waals surface area contributed by atoms with Gasteiger partial charge in [0.25, 0.3) is 0 Å². The third-order valence-corrected chi connectivity index (χ3v) is 4.61. The quantitative estimate of drug-likeness (QED) is 0.848. The van der Waals surface area contributed by atoms with Gasteiger partial charge in [-0.2, -0.15) is 0 Å². The van der Waals surface area contributed by atoms with E-state index in [0.717, 1.165) is 49.9 Å². The number of piperidine rings is 1. The van der Waals surface area contributed by atoms with Gasteiger partial charge < -0.3 is 10.6 Å². The summed E-state index contributed by atoms with van der Waals surface area (Å²) in [5.74, 6) is -0.0844. The van der Waals surface area contributed by atoms with E-state index >= 15 is 0 Å². The summed E-state index contributed by atoms with van der Waals surface area (Å²) < 4.78 is 14.5. The normalized spacial score (nSPS) is 20.6. The minimum absolute atomic E-state index is 0.0844. The van der Waals surface area contributed by atoms with Crippen LogP contribution < -0.4 is 10.6 Å². The Kier molecular flexibility index (Phi) is 6.04. The molecule has 1 heterocycles. The van der Waals surface area contributed by atoms with Gasteiger partial charge in [0.15, 0.2) is 0 Å². The number of rotatable bonds is 6. The third kappa shape index (κ3) is 3.97. The highest BCUT2D eigenvalue weighted by molar-refractivity contribution is 5.56. The molecule has 1 aliphatic rings. The number of anilines is 1. The lowest BCUT2D eigenvalue weighted by molar-refractivity contribution is 0.427. The van der Waals surface area contributed by atoms with E-state index in [0.29, 0.717) is 6.04 Å². The van der Waals surface area contributed by atoms with Crippen LogP contribution in [-0.4, -0.2) is 18.6 Å². The summed E-state index contributed by atoms with van der Waals surface area (Å²) in [5.41, 5.74) is 8.00. The Morgan fingerprint density at radius 3 is 2.86 bits per heavy atom. The van der Waals surface area contributed by atoms with Crippen LogP contribution in [0.5, 0.6) is 0 Å². The van der Waals surface area contributed by atoms with Crippen LogP contribution in [0.3, 0.4) is 0 Å². The van der Waals surface area contributed by atoms with Crippen molar-refractivity contribution in [3.8, 4) is 0 Å². The van der Waals surface area contributed by atoms with Crippen LogP contribution in [-0.2, 0) is 6.42 Å². The fourth-order valence-electron chi connectivity index (χ4n) is 3.40. The largest absolute Gasteiger partial charge is 0.366 e. The third-order valence-electron chi connectivity index (χ3n) is 4.61. The molecule has 0 saturated carbocycles. The molecule has 21 heavy (non-hydrogen) atoms. The standard InChI is InChI=1S/C18H29FN2/c1-3-8-16-10-5-6-12-21(16)18-14(13-15(20)4-2)9-7-11-17(18)19/h7,9,11,15-16H,3-6,8,10,12-13,20H2,1-2H3. The van der Waals surface area contributed by atoms with Crippen molar-refractivity contribution < 1.29 is 4.39 Å². The number of halogens is 1. The van der Waals surface area contributed by atoms with Crippen LogP contribution in [0.4, 0.5) is 10.1 Å². The van der Waals surface area contributed by atoms with E-state index in [1.54, 1.807) is 6.07 Å². The van der Waals surface area contributed by atoms with Crippen LogP contribution in [0, 0.1) is 5.82 Å². The van der Waals surface area contributed by atoms with Gasteiger partial charge in [-0.3, -0.25) is 0 Å². The summed E-state index contributed by atoms with van der Waals surface area (Å²) in [5, 5.41) is 0. The Labute approximate surface area is 128 Å². The van der Waals surface area contributed by atoms with Crippen molar-refractivity contribution in [3.63, 3.8) is 0 Å². The van der Waals surface area contributed by atoms with E-state index < -0.39 is 0 Å². The highest BCUT2D eigenvalue weighted by Gasteiger charge is 2.26. The molecule has 1 fully saturated rings. The molecule has 2 nitrogen and oxygen atoms in total. The lowest BCUT2D eigenvalue weighted by Gasteiger charge is -2.39. The summed E-state index contributed by atoms with van der Waals surface area (Å²) in [6, 6.07) is 6.05. The molecule has 0 bridgehead atoms. The van der Waals surface area contributed by atoms with Crippen molar-refractivity contribution in [2.24, 2.45) is 5.73 Å². The predicted octanol–water partition coefficient (Wildman–Crippen LogP) is 4.26. The molecule has 0 amide bonds. The lowest BCUT2D eigenvalue weighted by atomic mass is 9.94. The molecular formula is C18H29FN2. The van der Waals surface area contributed by atoms with E-state index in [9.17, 15) is 4.39 Å². The van der Waals surface area contributed by atoms with Crippen LogP contribution in [0.25, 0.3) is 0 Å². The molecule has 1 aromatic carbocycles. The Morgan fingerprint density at radius 1 is 1.33 bits per heavy atom. The summed E-state index contributed by atoms with van der Waals surface area (Å²) in [6.45, 7) is 5.27. The highest BCUT2D eigenvalue weighted by atomic mass is 19.1. The molecule has 2 N–H and O–H groups in total. The fraction of sp³-hybridized carbons (Fsp3) is 0.667. The molecule has 0 radical (unpaired) electrons. The van der Waals surface area contributed by atoms with Gasteiger partial charge in [0.2, 0.25) is 0 Å². The van der Waals surface area contributed by atoms with Crippen LogP contribution in [0.1, 0.15) is 57.9 Å². The first-order chi connectivity index (χ1) is 10.2.